The molecule has 1 rings (SSSR count). The first-order valence-electron chi connectivity index (χ1n) is 6.46. The van der Waals surface area contributed by atoms with Gasteiger partial charge in [0.1, 0.15) is 5.54 Å². The van der Waals surface area contributed by atoms with Crippen LogP contribution in [0.5, 0.6) is 0 Å². The molecule has 0 fully saturated rings. The zero-order valence-corrected chi connectivity index (χ0v) is 12.7. The molecule has 0 saturated heterocycles. The number of hydrogen-bond acceptors (Lipinski definition) is 3. The van der Waals surface area contributed by atoms with Gasteiger partial charge >= 0.3 is 0 Å². The summed E-state index contributed by atoms with van der Waals surface area (Å²) in [5, 5.41) is 15.4. The second-order valence-electron chi connectivity index (χ2n) is 4.69. The summed E-state index contributed by atoms with van der Waals surface area (Å²) in [4.78, 5) is 12.3. The van der Waals surface area contributed by atoms with Crippen LogP contribution in [0.25, 0.3) is 0 Å². The molecular formula is C14H20ClN3O2. The van der Waals surface area contributed by atoms with E-state index in [1.807, 2.05) is 20.8 Å². The first kappa shape index (κ1) is 16.3. The van der Waals surface area contributed by atoms with Crippen LogP contribution in [-0.4, -0.2) is 22.5 Å². The van der Waals surface area contributed by atoms with E-state index in [0.29, 0.717) is 23.4 Å². The number of amidine groups is 1. The van der Waals surface area contributed by atoms with Gasteiger partial charge in [-0.3, -0.25) is 4.79 Å². The van der Waals surface area contributed by atoms with Gasteiger partial charge in [0.25, 0.3) is 5.91 Å². The normalized spacial score (nSPS) is 12.3. The molecule has 0 saturated carbocycles. The highest BCUT2D eigenvalue weighted by atomic mass is 35.5. The lowest BCUT2D eigenvalue weighted by atomic mass is 9.91. The third kappa shape index (κ3) is 3.22. The van der Waals surface area contributed by atoms with Crippen LogP contribution in [0.2, 0.25) is 5.02 Å². The van der Waals surface area contributed by atoms with Gasteiger partial charge in [-0.2, -0.15) is 0 Å². The maximum Gasteiger partial charge on any atom is 0.252 e. The number of nitrogens with one attached hydrogen (secondary N) is 1. The second-order valence-corrected chi connectivity index (χ2v) is 5.10. The van der Waals surface area contributed by atoms with Crippen LogP contribution in [0.4, 0.5) is 0 Å². The molecule has 110 valence electrons. The molecule has 0 atom stereocenters. The lowest BCUT2D eigenvalue weighted by Gasteiger charge is -2.31. The Bertz CT molecular complexity index is 525. The van der Waals surface area contributed by atoms with Crippen LogP contribution in [-0.2, 0) is 0 Å². The number of rotatable bonds is 5. The molecule has 1 amide bonds. The standard InChI is InChI=1S/C14H20ClN3O2/c1-4-14(5-2,13(16)18-20)17-12(19)10-6-7-11(15)9(3)8-10/h6-8,20H,4-5H2,1-3H3,(H2,16,18)(H,17,19). The van der Waals surface area contributed by atoms with Gasteiger partial charge in [0.05, 0.1) is 0 Å². The Morgan fingerprint density at radius 3 is 2.50 bits per heavy atom. The first-order valence-corrected chi connectivity index (χ1v) is 6.84. The minimum absolute atomic E-state index is 0.00142. The Kier molecular flexibility index (Phi) is 5.39. The number of nitrogens with zero attached hydrogens (tertiary/aromatic N) is 1. The molecule has 0 unspecified atom stereocenters. The van der Waals surface area contributed by atoms with Crippen molar-refractivity contribution >= 4 is 23.3 Å². The maximum absolute atomic E-state index is 12.3. The van der Waals surface area contributed by atoms with Crippen molar-refractivity contribution in [3.8, 4) is 0 Å². The smallest absolute Gasteiger partial charge is 0.252 e. The molecule has 5 nitrogen and oxygen atoms in total. The number of hydrogen-bond donors (Lipinski definition) is 3. The fourth-order valence-electron chi connectivity index (χ4n) is 2.02. The van der Waals surface area contributed by atoms with Gasteiger partial charge in [0.15, 0.2) is 5.84 Å². The summed E-state index contributed by atoms with van der Waals surface area (Å²) in [7, 11) is 0. The number of oxime groups is 1. The number of aryl methyl sites for hydroxylation is 1. The van der Waals surface area contributed by atoms with Crippen LogP contribution in [0, 0.1) is 6.92 Å². The van der Waals surface area contributed by atoms with Crippen LogP contribution in [0.3, 0.4) is 0 Å². The predicted octanol–water partition coefficient (Wildman–Crippen LogP) is 2.68. The van der Waals surface area contributed by atoms with Gasteiger partial charge in [0.2, 0.25) is 0 Å². The number of nitrogens with two attached hydrogens (primary N) is 1. The summed E-state index contributed by atoms with van der Waals surface area (Å²) in [6.45, 7) is 5.57. The SMILES string of the molecule is CCC(CC)(NC(=O)c1ccc(Cl)c(C)c1)/C(N)=N/O. The summed E-state index contributed by atoms with van der Waals surface area (Å²) < 4.78 is 0. The van der Waals surface area contributed by atoms with Gasteiger partial charge in [-0.25, -0.2) is 0 Å². The average molecular weight is 298 g/mol. The molecule has 1 aromatic carbocycles. The quantitative estimate of drug-likeness (QED) is 0.338. The van der Waals surface area contributed by atoms with Crippen molar-refractivity contribution in [1.82, 2.24) is 5.32 Å². The molecule has 1 aromatic rings. The van der Waals surface area contributed by atoms with Gasteiger partial charge in [-0.15, -0.1) is 0 Å². The molecule has 0 aliphatic heterocycles. The number of amides is 1. The molecule has 0 heterocycles. The van der Waals surface area contributed by atoms with Crippen molar-refractivity contribution in [2.45, 2.75) is 39.2 Å². The zero-order chi connectivity index (χ0) is 15.3. The molecule has 0 bridgehead atoms. The van der Waals surface area contributed by atoms with E-state index in [0.717, 1.165) is 5.56 Å². The van der Waals surface area contributed by atoms with E-state index in [4.69, 9.17) is 22.5 Å². The summed E-state index contributed by atoms with van der Waals surface area (Å²) in [5.74, 6) is -0.276. The fourth-order valence-corrected chi connectivity index (χ4v) is 2.14. The van der Waals surface area contributed by atoms with Crippen molar-refractivity contribution in [1.29, 1.82) is 0 Å². The van der Waals surface area contributed by atoms with E-state index in [2.05, 4.69) is 10.5 Å². The van der Waals surface area contributed by atoms with E-state index in [-0.39, 0.29) is 11.7 Å². The van der Waals surface area contributed by atoms with Crippen LogP contribution in [0.1, 0.15) is 42.6 Å². The first-order chi connectivity index (χ1) is 9.40. The maximum atomic E-state index is 12.3. The van der Waals surface area contributed by atoms with Crippen LogP contribution in [0.15, 0.2) is 23.4 Å². The Balaban J connectivity index is 3.05. The molecule has 0 spiro atoms. The van der Waals surface area contributed by atoms with Crippen molar-refractivity contribution in [2.24, 2.45) is 10.9 Å². The third-order valence-electron chi connectivity index (χ3n) is 3.58. The van der Waals surface area contributed by atoms with Crippen LogP contribution < -0.4 is 11.1 Å². The number of halogens is 1. The molecule has 0 aliphatic carbocycles. The Morgan fingerprint density at radius 2 is 2.05 bits per heavy atom. The second kappa shape index (κ2) is 6.61. The lowest BCUT2D eigenvalue weighted by Crippen LogP contribution is -2.56. The lowest BCUT2D eigenvalue weighted by molar-refractivity contribution is 0.0917. The number of carbonyl (C=O) groups excluding carboxylic acids is 1. The van der Waals surface area contributed by atoms with E-state index in [9.17, 15) is 4.79 Å². The van der Waals surface area contributed by atoms with Crippen molar-refractivity contribution < 1.29 is 10.0 Å². The van der Waals surface area contributed by atoms with Gasteiger partial charge in [0, 0.05) is 10.6 Å². The van der Waals surface area contributed by atoms with E-state index in [1.54, 1.807) is 18.2 Å². The minimum Gasteiger partial charge on any atom is -0.409 e. The summed E-state index contributed by atoms with van der Waals surface area (Å²) in [5.41, 5.74) is 6.18. The molecule has 6 heteroatoms. The highest BCUT2D eigenvalue weighted by molar-refractivity contribution is 6.31. The Morgan fingerprint density at radius 1 is 1.45 bits per heavy atom. The highest BCUT2D eigenvalue weighted by Crippen LogP contribution is 2.19. The molecule has 4 N–H and O–H groups in total. The molecule has 0 radical (unpaired) electrons. The Labute approximate surface area is 123 Å². The zero-order valence-electron chi connectivity index (χ0n) is 11.9. The predicted molar refractivity (Wildman–Crippen MR) is 80.4 cm³/mol. The number of carbonyl (C=O) groups is 1. The fraction of sp³-hybridized carbons (Fsp3) is 0.429. The minimum atomic E-state index is -0.848. The highest BCUT2D eigenvalue weighted by Gasteiger charge is 2.33. The average Bonchev–Trinajstić information content (AvgIpc) is 2.46. The molecule has 20 heavy (non-hydrogen) atoms. The number of benzene rings is 1. The van der Waals surface area contributed by atoms with Gasteiger partial charge in [-0.05, 0) is 43.5 Å². The topological polar surface area (TPSA) is 87.7 Å². The van der Waals surface area contributed by atoms with E-state index >= 15 is 0 Å². The van der Waals surface area contributed by atoms with Crippen molar-refractivity contribution in [3.05, 3.63) is 34.3 Å². The van der Waals surface area contributed by atoms with E-state index < -0.39 is 5.54 Å². The van der Waals surface area contributed by atoms with Crippen molar-refractivity contribution in [2.75, 3.05) is 0 Å². The Hall–Kier alpha value is -1.75. The van der Waals surface area contributed by atoms with E-state index in [1.165, 1.54) is 0 Å². The largest absolute Gasteiger partial charge is 0.409 e. The van der Waals surface area contributed by atoms with Gasteiger partial charge < -0.3 is 16.3 Å². The monoisotopic (exact) mass is 297 g/mol. The van der Waals surface area contributed by atoms with Gasteiger partial charge in [-0.1, -0.05) is 30.6 Å². The molecule has 0 aliphatic rings. The summed E-state index contributed by atoms with van der Waals surface area (Å²) in [6.07, 6.45) is 1.05. The summed E-state index contributed by atoms with van der Waals surface area (Å²) >= 11 is 5.94. The molecule has 0 aromatic heterocycles. The van der Waals surface area contributed by atoms with Crippen molar-refractivity contribution in [3.63, 3.8) is 0 Å². The summed E-state index contributed by atoms with van der Waals surface area (Å²) in [6, 6.07) is 5.03. The van der Waals surface area contributed by atoms with Crippen LogP contribution >= 0.6 is 11.6 Å². The third-order valence-corrected chi connectivity index (χ3v) is 4.00. The molecular weight excluding hydrogens is 278 g/mol.